The molecular formula is C11H10ClN3. The summed E-state index contributed by atoms with van der Waals surface area (Å²) in [6.07, 6.45) is 5.22. The van der Waals surface area contributed by atoms with Crippen molar-refractivity contribution < 1.29 is 0 Å². The van der Waals surface area contributed by atoms with Crippen molar-refractivity contribution in [2.75, 3.05) is 5.73 Å². The molecule has 0 unspecified atom stereocenters. The lowest BCUT2D eigenvalue weighted by atomic mass is 10.1. The Labute approximate surface area is 92.9 Å². The molecule has 0 saturated carbocycles. The van der Waals surface area contributed by atoms with Gasteiger partial charge in [0, 0.05) is 29.7 Å². The molecule has 2 rings (SSSR count). The van der Waals surface area contributed by atoms with Crippen LogP contribution in [0.15, 0.2) is 36.8 Å². The standard InChI is InChI=1S/C11H10ClN3/c12-6-9-5-10(7-15-11(9)13)8-1-3-14-4-2-8/h1-5,7H,6H2,(H2,13,15). The topological polar surface area (TPSA) is 51.8 Å². The average Bonchev–Trinajstić information content (AvgIpc) is 2.31. The maximum atomic E-state index is 5.76. The minimum Gasteiger partial charge on any atom is -0.383 e. The fourth-order valence-electron chi connectivity index (χ4n) is 1.33. The zero-order valence-corrected chi connectivity index (χ0v) is 8.78. The number of nitrogens with zero attached hydrogens (tertiary/aromatic N) is 2. The molecule has 0 aliphatic carbocycles. The van der Waals surface area contributed by atoms with Gasteiger partial charge < -0.3 is 5.73 Å². The van der Waals surface area contributed by atoms with Crippen molar-refractivity contribution in [1.82, 2.24) is 9.97 Å². The lowest BCUT2D eigenvalue weighted by molar-refractivity contribution is 1.25. The van der Waals surface area contributed by atoms with E-state index in [1.807, 2.05) is 18.2 Å². The van der Waals surface area contributed by atoms with Crippen molar-refractivity contribution >= 4 is 17.4 Å². The van der Waals surface area contributed by atoms with E-state index in [9.17, 15) is 0 Å². The van der Waals surface area contributed by atoms with E-state index in [0.29, 0.717) is 11.7 Å². The molecule has 4 heteroatoms. The number of nitrogens with two attached hydrogens (primary N) is 1. The number of hydrogen-bond acceptors (Lipinski definition) is 3. The smallest absolute Gasteiger partial charge is 0.127 e. The first kappa shape index (κ1) is 9.93. The highest BCUT2D eigenvalue weighted by molar-refractivity contribution is 6.17. The van der Waals surface area contributed by atoms with Crippen molar-refractivity contribution in [3.63, 3.8) is 0 Å². The van der Waals surface area contributed by atoms with E-state index in [1.54, 1.807) is 18.6 Å². The Morgan fingerprint density at radius 2 is 1.93 bits per heavy atom. The fraction of sp³-hybridized carbons (Fsp3) is 0.0909. The van der Waals surface area contributed by atoms with Gasteiger partial charge in [-0.05, 0) is 23.8 Å². The van der Waals surface area contributed by atoms with Gasteiger partial charge in [0.2, 0.25) is 0 Å². The molecule has 2 N–H and O–H groups in total. The van der Waals surface area contributed by atoms with Crippen LogP contribution in [0.4, 0.5) is 5.82 Å². The van der Waals surface area contributed by atoms with Crippen LogP contribution in [0.5, 0.6) is 0 Å². The van der Waals surface area contributed by atoms with Gasteiger partial charge in [-0.25, -0.2) is 4.98 Å². The number of anilines is 1. The third-order valence-corrected chi connectivity index (χ3v) is 2.45. The zero-order chi connectivity index (χ0) is 10.7. The molecule has 0 amide bonds. The normalized spacial score (nSPS) is 10.2. The Bertz CT molecular complexity index is 457. The van der Waals surface area contributed by atoms with E-state index in [-0.39, 0.29) is 0 Å². The Balaban J connectivity index is 2.46. The zero-order valence-electron chi connectivity index (χ0n) is 8.02. The number of nitrogen functional groups attached to an aromatic ring is 1. The third-order valence-electron chi connectivity index (χ3n) is 2.16. The summed E-state index contributed by atoms with van der Waals surface area (Å²) >= 11 is 5.76. The van der Waals surface area contributed by atoms with Gasteiger partial charge in [0.1, 0.15) is 5.82 Å². The van der Waals surface area contributed by atoms with Crippen LogP contribution in [0.2, 0.25) is 0 Å². The SMILES string of the molecule is Nc1ncc(-c2ccncc2)cc1CCl. The minimum absolute atomic E-state index is 0.373. The van der Waals surface area contributed by atoms with Crippen LogP contribution in [0.1, 0.15) is 5.56 Å². The molecule has 0 aliphatic heterocycles. The van der Waals surface area contributed by atoms with Crippen LogP contribution in [0, 0.1) is 0 Å². The van der Waals surface area contributed by atoms with Gasteiger partial charge in [-0.3, -0.25) is 4.98 Å². The first-order chi connectivity index (χ1) is 7.31. The first-order valence-electron chi connectivity index (χ1n) is 4.52. The second-order valence-corrected chi connectivity index (χ2v) is 3.41. The Kier molecular flexibility index (Phi) is 2.83. The molecule has 0 spiro atoms. The monoisotopic (exact) mass is 219 g/mol. The molecule has 3 nitrogen and oxygen atoms in total. The minimum atomic E-state index is 0.373. The average molecular weight is 220 g/mol. The number of aromatic nitrogens is 2. The maximum absolute atomic E-state index is 5.76. The van der Waals surface area contributed by atoms with E-state index < -0.39 is 0 Å². The Morgan fingerprint density at radius 1 is 1.20 bits per heavy atom. The highest BCUT2D eigenvalue weighted by Crippen LogP contribution is 2.22. The molecule has 2 aromatic rings. The van der Waals surface area contributed by atoms with Gasteiger partial charge in [-0.1, -0.05) is 0 Å². The molecular weight excluding hydrogens is 210 g/mol. The number of rotatable bonds is 2. The fourth-order valence-corrected chi connectivity index (χ4v) is 1.54. The lowest BCUT2D eigenvalue weighted by Gasteiger charge is -2.05. The van der Waals surface area contributed by atoms with E-state index in [2.05, 4.69) is 9.97 Å². The van der Waals surface area contributed by atoms with E-state index in [4.69, 9.17) is 17.3 Å². The predicted molar refractivity (Wildman–Crippen MR) is 61.4 cm³/mol. The van der Waals surface area contributed by atoms with Crippen LogP contribution in [-0.4, -0.2) is 9.97 Å². The molecule has 2 heterocycles. The quantitative estimate of drug-likeness (QED) is 0.790. The van der Waals surface area contributed by atoms with Gasteiger partial charge in [0.05, 0.1) is 5.88 Å². The molecule has 0 radical (unpaired) electrons. The highest BCUT2D eigenvalue weighted by Gasteiger charge is 2.03. The number of pyridine rings is 2. The van der Waals surface area contributed by atoms with E-state index >= 15 is 0 Å². The van der Waals surface area contributed by atoms with Crippen molar-refractivity contribution in [1.29, 1.82) is 0 Å². The van der Waals surface area contributed by atoms with Crippen molar-refractivity contribution in [2.24, 2.45) is 0 Å². The Hall–Kier alpha value is -1.61. The number of alkyl halides is 1. The molecule has 15 heavy (non-hydrogen) atoms. The summed E-state index contributed by atoms with van der Waals surface area (Å²) < 4.78 is 0. The molecule has 2 aromatic heterocycles. The summed E-state index contributed by atoms with van der Waals surface area (Å²) in [5.74, 6) is 0.861. The summed E-state index contributed by atoms with van der Waals surface area (Å²) in [6, 6.07) is 5.79. The van der Waals surface area contributed by atoms with Crippen LogP contribution in [0.3, 0.4) is 0 Å². The van der Waals surface area contributed by atoms with Gasteiger partial charge in [0.15, 0.2) is 0 Å². The Morgan fingerprint density at radius 3 is 2.60 bits per heavy atom. The summed E-state index contributed by atoms with van der Waals surface area (Å²) in [5, 5.41) is 0. The van der Waals surface area contributed by atoms with E-state index in [0.717, 1.165) is 16.7 Å². The maximum Gasteiger partial charge on any atom is 0.127 e. The summed E-state index contributed by atoms with van der Waals surface area (Å²) in [6.45, 7) is 0. The first-order valence-corrected chi connectivity index (χ1v) is 5.05. The van der Waals surface area contributed by atoms with Crippen molar-refractivity contribution in [3.05, 3.63) is 42.4 Å². The molecule has 0 aliphatic rings. The largest absolute Gasteiger partial charge is 0.383 e. The third kappa shape index (κ3) is 2.07. The molecule has 0 bridgehead atoms. The number of hydrogen-bond donors (Lipinski definition) is 1. The summed E-state index contributed by atoms with van der Waals surface area (Å²) in [5.41, 5.74) is 8.58. The van der Waals surface area contributed by atoms with Gasteiger partial charge in [-0.2, -0.15) is 0 Å². The molecule has 0 saturated heterocycles. The second kappa shape index (κ2) is 4.28. The lowest BCUT2D eigenvalue weighted by Crippen LogP contribution is -1.96. The van der Waals surface area contributed by atoms with E-state index in [1.165, 1.54) is 0 Å². The van der Waals surface area contributed by atoms with Crippen LogP contribution < -0.4 is 5.73 Å². The number of halogens is 1. The van der Waals surface area contributed by atoms with Gasteiger partial charge >= 0.3 is 0 Å². The molecule has 0 atom stereocenters. The predicted octanol–water partition coefficient (Wildman–Crippen LogP) is 2.46. The second-order valence-electron chi connectivity index (χ2n) is 3.14. The highest BCUT2D eigenvalue weighted by atomic mass is 35.5. The van der Waals surface area contributed by atoms with Crippen LogP contribution >= 0.6 is 11.6 Å². The van der Waals surface area contributed by atoms with Crippen LogP contribution in [-0.2, 0) is 5.88 Å². The van der Waals surface area contributed by atoms with Gasteiger partial charge in [0.25, 0.3) is 0 Å². The molecule has 0 aromatic carbocycles. The van der Waals surface area contributed by atoms with Crippen LogP contribution in [0.25, 0.3) is 11.1 Å². The summed E-state index contributed by atoms with van der Waals surface area (Å²) in [4.78, 5) is 8.06. The van der Waals surface area contributed by atoms with Crippen molar-refractivity contribution in [3.8, 4) is 11.1 Å². The summed E-state index contributed by atoms with van der Waals surface area (Å²) in [7, 11) is 0. The molecule has 76 valence electrons. The van der Waals surface area contributed by atoms with Gasteiger partial charge in [-0.15, -0.1) is 11.6 Å². The molecule has 0 fully saturated rings. The van der Waals surface area contributed by atoms with Crippen molar-refractivity contribution in [2.45, 2.75) is 5.88 Å².